The van der Waals surface area contributed by atoms with Gasteiger partial charge in [0.05, 0.1) is 0 Å². The van der Waals surface area contributed by atoms with E-state index < -0.39 is 0 Å². The van der Waals surface area contributed by atoms with Crippen LogP contribution in [-0.2, 0) is 16.0 Å². The van der Waals surface area contributed by atoms with Crippen LogP contribution in [0.2, 0.25) is 0 Å². The molecule has 0 unspecified atom stereocenters. The van der Waals surface area contributed by atoms with Crippen LogP contribution in [-0.4, -0.2) is 36.9 Å². The molecule has 4 nitrogen and oxygen atoms in total. The molecule has 0 atom stereocenters. The quantitative estimate of drug-likeness (QED) is 0.906. The number of hydrogen-bond donors (Lipinski definition) is 1. The Morgan fingerprint density at radius 3 is 2.45 bits per heavy atom. The van der Waals surface area contributed by atoms with Crippen molar-refractivity contribution in [3.63, 3.8) is 0 Å². The lowest BCUT2D eigenvalue weighted by Gasteiger charge is -2.31. The first kappa shape index (κ1) is 14.6. The third-order valence-electron chi connectivity index (χ3n) is 3.94. The predicted octanol–water partition coefficient (Wildman–Crippen LogP) is 1.60. The van der Waals surface area contributed by atoms with E-state index in [9.17, 15) is 9.59 Å². The third kappa shape index (κ3) is 3.83. The van der Waals surface area contributed by atoms with E-state index in [0.717, 1.165) is 19.3 Å². The van der Waals surface area contributed by atoms with Gasteiger partial charge in [0.1, 0.15) is 0 Å². The lowest BCUT2D eigenvalue weighted by atomic mass is 9.95. The molecule has 1 aromatic carbocycles. The van der Waals surface area contributed by atoms with Gasteiger partial charge in [-0.25, -0.2) is 0 Å². The van der Waals surface area contributed by atoms with Crippen molar-refractivity contribution >= 4 is 11.8 Å². The van der Waals surface area contributed by atoms with Gasteiger partial charge in [0.2, 0.25) is 11.8 Å². The molecule has 0 spiro atoms. The van der Waals surface area contributed by atoms with E-state index >= 15 is 0 Å². The summed E-state index contributed by atoms with van der Waals surface area (Å²) in [6.45, 7) is 1.40. The molecule has 2 amide bonds. The molecular formula is C16H22N2O2. The van der Waals surface area contributed by atoms with Gasteiger partial charge in [-0.15, -0.1) is 0 Å². The molecule has 1 aliphatic rings. The van der Waals surface area contributed by atoms with Gasteiger partial charge in [0.25, 0.3) is 0 Å². The van der Waals surface area contributed by atoms with Gasteiger partial charge in [0, 0.05) is 32.5 Å². The van der Waals surface area contributed by atoms with E-state index in [0.29, 0.717) is 19.5 Å². The number of rotatable bonds is 4. The molecule has 108 valence electrons. The summed E-state index contributed by atoms with van der Waals surface area (Å²) in [6.07, 6.45) is 2.89. The summed E-state index contributed by atoms with van der Waals surface area (Å²) in [5, 5.41) is 2.68. The first-order valence-electron chi connectivity index (χ1n) is 7.24. The Kier molecular flexibility index (Phi) is 5.16. The Bertz CT molecular complexity index is 451. The lowest BCUT2D eigenvalue weighted by Crippen LogP contribution is -2.42. The number of likely N-dealkylation sites (tertiary alicyclic amines) is 1. The van der Waals surface area contributed by atoms with Crippen LogP contribution in [0.25, 0.3) is 0 Å². The number of carbonyl (C=O) groups excluding carboxylic acids is 2. The van der Waals surface area contributed by atoms with Crippen LogP contribution in [0.4, 0.5) is 0 Å². The summed E-state index contributed by atoms with van der Waals surface area (Å²) < 4.78 is 0. The highest BCUT2D eigenvalue weighted by Crippen LogP contribution is 2.18. The minimum atomic E-state index is 0.0678. The second-order valence-corrected chi connectivity index (χ2v) is 5.25. The van der Waals surface area contributed by atoms with Crippen LogP contribution in [0.5, 0.6) is 0 Å². The normalized spacial score (nSPS) is 15.9. The Labute approximate surface area is 120 Å². The first-order valence-corrected chi connectivity index (χ1v) is 7.24. The smallest absolute Gasteiger partial charge is 0.222 e. The van der Waals surface area contributed by atoms with Crippen molar-refractivity contribution in [2.24, 2.45) is 5.92 Å². The highest BCUT2D eigenvalue weighted by atomic mass is 16.2. The molecule has 1 aromatic rings. The van der Waals surface area contributed by atoms with E-state index in [2.05, 4.69) is 5.32 Å². The van der Waals surface area contributed by atoms with E-state index in [4.69, 9.17) is 0 Å². The molecule has 1 heterocycles. The van der Waals surface area contributed by atoms with Crippen LogP contribution >= 0.6 is 0 Å². The fourth-order valence-electron chi connectivity index (χ4n) is 2.65. The van der Waals surface area contributed by atoms with Gasteiger partial charge >= 0.3 is 0 Å². The summed E-state index contributed by atoms with van der Waals surface area (Å²) >= 11 is 0. The predicted molar refractivity (Wildman–Crippen MR) is 78.1 cm³/mol. The molecule has 0 radical (unpaired) electrons. The van der Waals surface area contributed by atoms with Gasteiger partial charge in [0.15, 0.2) is 0 Å². The molecule has 4 heteroatoms. The lowest BCUT2D eigenvalue weighted by molar-refractivity contribution is -0.135. The number of piperidine rings is 1. The highest BCUT2D eigenvalue weighted by molar-refractivity contribution is 5.79. The minimum absolute atomic E-state index is 0.0678. The van der Waals surface area contributed by atoms with E-state index in [1.54, 1.807) is 7.05 Å². The number of hydrogen-bond acceptors (Lipinski definition) is 2. The zero-order chi connectivity index (χ0) is 14.4. The SMILES string of the molecule is CNC(=O)C1CCN(C(=O)CCc2ccccc2)CC1. The maximum atomic E-state index is 12.1. The van der Waals surface area contributed by atoms with Crippen LogP contribution in [0.15, 0.2) is 30.3 Å². The van der Waals surface area contributed by atoms with Crippen LogP contribution in [0.3, 0.4) is 0 Å². The molecule has 1 saturated heterocycles. The minimum Gasteiger partial charge on any atom is -0.359 e. The molecule has 0 aliphatic carbocycles. The van der Waals surface area contributed by atoms with Gasteiger partial charge in [-0.1, -0.05) is 30.3 Å². The number of aryl methyl sites for hydroxylation is 1. The third-order valence-corrected chi connectivity index (χ3v) is 3.94. The Morgan fingerprint density at radius 1 is 1.20 bits per heavy atom. The van der Waals surface area contributed by atoms with Crippen molar-refractivity contribution in [1.82, 2.24) is 10.2 Å². The Balaban J connectivity index is 1.76. The fraction of sp³-hybridized carbons (Fsp3) is 0.500. The van der Waals surface area contributed by atoms with Gasteiger partial charge in [-0.3, -0.25) is 9.59 Å². The molecule has 20 heavy (non-hydrogen) atoms. The zero-order valence-electron chi connectivity index (χ0n) is 12.0. The van der Waals surface area contributed by atoms with Crippen molar-refractivity contribution in [2.75, 3.05) is 20.1 Å². The van der Waals surface area contributed by atoms with Crippen LogP contribution in [0, 0.1) is 5.92 Å². The summed E-state index contributed by atoms with van der Waals surface area (Å²) in [6, 6.07) is 10.1. The van der Waals surface area contributed by atoms with Crippen molar-refractivity contribution in [2.45, 2.75) is 25.7 Å². The maximum absolute atomic E-state index is 12.1. The molecular weight excluding hydrogens is 252 g/mol. The molecule has 0 saturated carbocycles. The first-order chi connectivity index (χ1) is 9.70. The topological polar surface area (TPSA) is 49.4 Å². The van der Waals surface area contributed by atoms with Crippen molar-refractivity contribution in [1.29, 1.82) is 0 Å². The average Bonchev–Trinajstić information content (AvgIpc) is 2.53. The van der Waals surface area contributed by atoms with Crippen LogP contribution in [0.1, 0.15) is 24.8 Å². The summed E-state index contributed by atoms with van der Waals surface area (Å²) in [5.74, 6) is 0.365. The number of benzene rings is 1. The zero-order valence-corrected chi connectivity index (χ0v) is 12.0. The Hall–Kier alpha value is -1.84. The molecule has 1 aliphatic heterocycles. The average molecular weight is 274 g/mol. The Morgan fingerprint density at radius 2 is 1.85 bits per heavy atom. The second-order valence-electron chi connectivity index (χ2n) is 5.25. The molecule has 1 fully saturated rings. The van der Waals surface area contributed by atoms with Crippen molar-refractivity contribution in [3.05, 3.63) is 35.9 Å². The fourth-order valence-corrected chi connectivity index (χ4v) is 2.65. The van der Waals surface area contributed by atoms with Crippen LogP contribution < -0.4 is 5.32 Å². The number of amides is 2. The van der Waals surface area contributed by atoms with Gasteiger partial charge < -0.3 is 10.2 Å². The number of carbonyl (C=O) groups is 2. The van der Waals surface area contributed by atoms with E-state index in [1.165, 1.54) is 5.56 Å². The standard InChI is InChI=1S/C16H22N2O2/c1-17-16(20)14-9-11-18(12-10-14)15(19)8-7-13-5-3-2-4-6-13/h2-6,14H,7-12H2,1H3,(H,17,20). The van der Waals surface area contributed by atoms with Gasteiger partial charge in [-0.2, -0.15) is 0 Å². The van der Waals surface area contributed by atoms with E-state index in [1.807, 2.05) is 35.2 Å². The maximum Gasteiger partial charge on any atom is 0.222 e. The number of nitrogens with one attached hydrogen (secondary N) is 1. The summed E-state index contributed by atoms with van der Waals surface area (Å²) in [5.41, 5.74) is 1.20. The van der Waals surface area contributed by atoms with E-state index in [-0.39, 0.29) is 17.7 Å². The van der Waals surface area contributed by atoms with Gasteiger partial charge in [-0.05, 0) is 24.8 Å². The molecule has 0 aromatic heterocycles. The summed E-state index contributed by atoms with van der Waals surface area (Å²) in [4.78, 5) is 25.6. The second kappa shape index (κ2) is 7.08. The largest absolute Gasteiger partial charge is 0.359 e. The molecule has 0 bridgehead atoms. The molecule has 1 N–H and O–H groups in total. The number of nitrogens with zero attached hydrogens (tertiary/aromatic N) is 1. The van der Waals surface area contributed by atoms with Crippen molar-refractivity contribution < 1.29 is 9.59 Å². The van der Waals surface area contributed by atoms with Crippen molar-refractivity contribution in [3.8, 4) is 0 Å². The molecule has 2 rings (SSSR count). The monoisotopic (exact) mass is 274 g/mol. The summed E-state index contributed by atoms with van der Waals surface area (Å²) in [7, 11) is 1.67. The highest BCUT2D eigenvalue weighted by Gasteiger charge is 2.26.